The minimum absolute atomic E-state index is 0.00997. The summed E-state index contributed by atoms with van der Waals surface area (Å²) in [7, 11) is 0. The highest BCUT2D eigenvalue weighted by Gasteiger charge is 2.08. The van der Waals surface area contributed by atoms with E-state index in [2.05, 4.69) is 19.2 Å². The number of nitro benzene ring substituents is 1. The molecule has 0 aromatic heterocycles. The van der Waals surface area contributed by atoms with Gasteiger partial charge in [-0.25, -0.2) is 0 Å². The van der Waals surface area contributed by atoms with Crippen molar-refractivity contribution in [2.45, 2.75) is 26.8 Å². The summed E-state index contributed by atoms with van der Waals surface area (Å²) in [6.07, 6.45) is 1.06. The first-order valence-electron chi connectivity index (χ1n) is 6.72. The Morgan fingerprint density at radius 1 is 1.40 bits per heavy atom. The second kappa shape index (κ2) is 8.89. The minimum Gasteiger partial charge on any atom is -0.380 e. The lowest BCUT2D eigenvalue weighted by atomic mass is 10.1. The molecule has 0 aliphatic rings. The largest absolute Gasteiger partial charge is 0.380 e. The van der Waals surface area contributed by atoms with Gasteiger partial charge in [-0.15, -0.1) is 0 Å². The van der Waals surface area contributed by atoms with Crippen molar-refractivity contribution < 1.29 is 9.66 Å². The standard InChI is InChI=1S/C14H21ClN2O3/c1-11(2)5-7-20-8-6-16-10-12-3-4-13(17(18)19)9-14(12)15/h3-4,9,11,16H,5-8,10H2,1-2H3. The molecule has 6 heteroatoms. The summed E-state index contributed by atoms with van der Waals surface area (Å²) in [5, 5.41) is 14.2. The summed E-state index contributed by atoms with van der Waals surface area (Å²) in [4.78, 5) is 10.1. The number of ether oxygens (including phenoxy) is 1. The zero-order valence-electron chi connectivity index (χ0n) is 11.9. The first-order chi connectivity index (χ1) is 9.50. The van der Waals surface area contributed by atoms with Crippen LogP contribution in [-0.4, -0.2) is 24.7 Å². The third kappa shape index (κ3) is 6.32. The van der Waals surface area contributed by atoms with Gasteiger partial charge in [-0.2, -0.15) is 0 Å². The molecule has 20 heavy (non-hydrogen) atoms. The number of nitrogens with zero attached hydrogens (tertiary/aromatic N) is 1. The van der Waals surface area contributed by atoms with Crippen LogP contribution in [0.2, 0.25) is 5.02 Å². The summed E-state index contributed by atoms with van der Waals surface area (Å²) in [5.74, 6) is 0.655. The van der Waals surface area contributed by atoms with Gasteiger partial charge in [-0.1, -0.05) is 25.4 Å². The molecule has 0 spiro atoms. The molecule has 0 bridgehead atoms. The molecular weight excluding hydrogens is 280 g/mol. The number of halogens is 1. The van der Waals surface area contributed by atoms with Crippen LogP contribution in [0.4, 0.5) is 5.69 Å². The fraction of sp³-hybridized carbons (Fsp3) is 0.571. The van der Waals surface area contributed by atoms with Crippen molar-refractivity contribution in [1.82, 2.24) is 5.32 Å². The Labute approximate surface area is 124 Å². The Bertz CT molecular complexity index is 438. The zero-order valence-corrected chi connectivity index (χ0v) is 12.7. The van der Waals surface area contributed by atoms with Crippen LogP contribution >= 0.6 is 11.6 Å². The van der Waals surface area contributed by atoms with Gasteiger partial charge >= 0.3 is 0 Å². The molecule has 0 unspecified atom stereocenters. The third-order valence-electron chi connectivity index (χ3n) is 2.83. The van der Waals surface area contributed by atoms with Crippen molar-refractivity contribution in [1.29, 1.82) is 0 Å². The van der Waals surface area contributed by atoms with Gasteiger partial charge in [0.15, 0.2) is 0 Å². The Kier molecular flexibility index (Phi) is 7.51. The maximum Gasteiger partial charge on any atom is 0.270 e. The van der Waals surface area contributed by atoms with Crippen LogP contribution in [0.5, 0.6) is 0 Å². The molecule has 0 heterocycles. The van der Waals surface area contributed by atoms with Gasteiger partial charge < -0.3 is 10.1 Å². The summed E-state index contributed by atoms with van der Waals surface area (Å²) in [6.45, 7) is 7.06. The van der Waals surface area contributed by atoms with Gasteiger partial charge in [0.05, 0.1) is 16.6 Å². The predicted molar refractivity (Wildman–Crippen MR) is 80.1 cm³/mol. The van der Waals surface area contributed by atoms with Crippen molar-refractivity contribution in [3.8, 4) is 0 Å². The molecule has 0 amide bonds. The number of nitrogens with one attached hydrogen (secondary N) is 1. The first kappa shape index (κ1) is 16.9. The molecule has 0 fully saturated rings. The van der Waals surface area contributed by atoms with E-state index in [1.54, 1.807) is 6.07 Å². The highest BCUT2D eigenvalue weighted by Crippen LogP contribution is 2.22. The average molecular weight is 301 g/mol. The first-order valence-corrected chi connectivity index (χ1v) is 7.09. The monoisotopic (exact) mass is 300 g/mol. The predicted octanol–water partition coefficient (Wildman–Crippen LogP) is 3.40. The average Bonchev–Trinajstić information content (AvgIpc) is 2.38. The van der Waals surface area contributed by atoms with Crippen LogP contribution in [0, 0.1) is 16.0 Å². The van der Waals surface area contributed by atoms with Gasteiger partial charge in [0, 0.05) is 31.8 Å². The maximum atomic E-state index is 10.6. The van der Waals surface area contributed by atoms with Crippen LogP contribution < -0.4 is 5.32 Å². The van der Waals surface area contributed by atoms with E-state index < -0.39 is 4.92 Å². The van der Waals surface area contributed by atoms with Crippen molar-refractivity contribution in [3.05, 3.63) is 38.9 Å². The van der Waals surface area contributed by atoms with Crippen molar-refractivity contribution in [2.24, 2.45) is 5.92 Å². The van der Waals surface area contributed by atoms with E-state index >= 15 is 0 Å². The van der Waals surface area contributed by atoms with E-state index in [9.17, 15) is 10.1 Å². The topological polar surface area (TPSA) is 64.4 Å². The highest BCUT2D eigenvalue weighted by atomic mass is 35.5. The van der Waals surface area contributed by atoms with Gasteiger partial charge in [-0.3, -0.25) is 10.1 Å². The molecule has 1 aromatic carbocycles. The highest BCUT2D eigenvalue weighted by molar-refractivity contribution is 6.31. The Morgan fingerprint density at radius 2 is 2.15 bits per heavy atom. The lowest BCUT2D eigenvalue weighted by Gasteiger charge is -2.08. The van der Waals surface area contributed by atoms with Gasteiger partial charge in [0.1, 0.15) is 0 Å². The number of non-ortho nitro benzene ring substituents is 1. The summed E-state index contributed by atoms with van der Waals surface area (Å²) < 4.78 is 5.48. The molecular formula is C14H21ClN2O3. The van der Waals surface area contributed by atoms with Gasteiger partial charge in [0.2, 0.25) is 0 Å². The lowest BCUT2D eigenvalue weighted by Crippen LogP contribution is -2.20. The quantitative estimate of drug-likeness (QED) is 0.431. The third-order valence-corrected chi connectivity index (χ3v) is 3.18. The van der Waals surface area contributed by atoms with Crippen LogP contribution in [0.25, 0.3) is 0 Å². The smallest absolute Gasteiger partial charge is 0.270 e. The second-order valence-electron chi connectivity index (χ2n) is 5.00. The summed E-state index contributed by atoms with van der Waals surface area (Å²) in [5.41, 5.74) is 0.857. The molecule has 0 radical (unpaired) electrons. The molecule has 5 nitrogen and oxygen atoms in total. The van der Waals surface area contributed by atoms with E-state index in [1.165, 1.54) is 12.1 Å². The normalized spacial score (nSPS) is 11.0. The van der Waals surface area contributed by atoms with E-state index in [1.807, 2.05) is 0 Å². The molecule has 1 aromatic rings. The lowest BCUT2D eigenvalue weighted by molar-refractivity contribution is -0.384. The SMILES string of the molecule is CC(C)CCOCCNCc1ccc([N+](=O)[O-])cc1Cl. The molecule has 1 rings (SSSR count). The summed E-state index contributed by atoms with van der Waals surface area (Å²) in [6, 6.07) is 4.51. The van der Waals surface area contributed by atoms with E-state index in [0.717, 1.165) is 25.1 Å². The number of benzene rings is 1. The Morgan fingerprint density at radius 3 is 2.75 bits per heavy atom. The zero-order chi connectivity index (χ0) is 15.0. The number of nitro groups is 1. The van der Waals surface area contributed by atoms with Crippen LogP contribution in [0.1, 0.15) is 25.8 Å². The molecule has 0 aliphatic carbocycles. The molecule has 0 saturated heterocycles. The van der Waals surface area contributed by atoms with Crippen LogP contribution in [-0.2, 0) is 11.3 Å². The fourth-order valence-corrected chi connectivity index (χ4v) is 1.82. The van der Waals surface area contributed by atoms with Crippen molar-refractivity contribution >= 4 is 17.3 Å². The number of rotatable bonds is 9. The summed E-state index contributed by atoms with van der Waals surface area (Å²) >= 11 is 6.00. The minimum atomic E-state index is -0.453. The van der Waals surface area contributed by atoms with Gasteiger partial charge in [0.25, 0.3) is 5.69 Å². The van der Waals surface area contributed by atoms with Crippen molar-refractivity contribution in [3.63, 3.8) is 0 Å². The van der Waals surface area contributed by atoms with Gasteiger partial charge in [-0.05, 0) is 24.0 Å². The number of hydrogen-bond donors (Lipinski definition) is 1. The molecule has 0 atom stereocenters. The molecule has 1 N–H and O–H groups in total. The molecule has 0 aliphatic heterocycles. The fourth-order valence-electron chi connectivity index (χ4n) is 1.58. The molecule has 0 saturated carbocycles. The van der Waals surface area contributed by atoms with Crippen LogP contribution in [0.15, 0.2) is 18.2 Å². The van der Waals surface area contributed by atoms with Crippen LogP contribution in [0.3, 0.4) is 0 Å². The second-order valence-corrected chi connectivity index (χ2v) is 5.41. The number of hydrogen-bond acceptors (Lipinski definition) is 4. The van der Waals surface area contributed by atoms with E-state index in [0.29, 0.717) is 24.1 Å². The van der Waals surface area contributed by atoms with E-state index in [-0.39, 0.29) is 5.69 Å². The Balaban J connectivity index is 2.24. The Hall–Kier alpha value is -1.17. The van der Waals surface area contributed by atoms with E-state index in [4.69, 9.17) is 16.3 Å². The maximum absolute atomic E-state index is 10.6. The van der Waals surface area contributed by atoms with Crippen molar-refractivity contribution in [2.75, 3.05) is 19.8 Å². The molecule has 112 valence electrons.